The highest BCUT2D eigenvalue weighted by Gasteiger charge is 2.18. The highest BCUT2D eigenvalue weighted by molar-refractivity contribution is 5.21. The molecule has 23 heavy (non-hydrogen) atoms. The zero-order valence-electron chi connectivity index (χ0n) is 13.5. The number of benzene rings is 1. The number of hydrogen-bond acceptors (Lipinski definition) is 3. The topological polar surface area (TPSA) is 56.7 Å². The SMILES string of the molecule is CC(C)(C)c1cn(CC[C@H](N)Cc2cc(F)c(F)cc2F)nn1. The summed E-state index contributed by atoms with van der Waals surface area (Å²) in [5.74, 6) is -3.05. The number of aryl methyl sites for hydroxylation is 1. The smallest absolute Gasteiger partial charge is 0.161 e. The normalized spacial score (nSPS) is 13.3. The summed E-state index contributed by atoms with van der Waals surface area (Å²) in [6, 6.07) is 1.01. The maximum atomic E-state index is 13.6. The van der Waals surface area contributed by atoms with Crippen LogP contribution in [-0.2, 0) is 18.4 Å². The van der Waals surface area contributed by atoms with Crippen molar-refractivity contribution >= 4 is 0 Å². The molecule has 1 atom stereocenters. The van der Waals surface area contributed by atoms with Crippen LogP contribution in [0.2, 0.25) is 0 Å². The van der Waals surface area contributed by atoms with Crippen molar-refractivity contribution in [3.8, 4) is 0 Å². The first kappa shape index (κ1) is 17.5. The highest BCUT2D eigenvalue weighted by Crippen LogP contribution is 2.19. The van der Waals surface area contributed by atoms with Crippen LogP contribution in [0.4, 0.5) is 13.2 Å². The molecule has 126 valence electrons. The van der Waals surface area contributed by atoms with Gasteiger partial charge in [-0.25, -0.2) is 13.2 Å². The minimum absolute atomic E-state index is 0.0744. The summed E-state index contributed by atoms with van der Waals surface area (Å²) in [5.41, 5.74) is 6.82. The van der Waals surface area contributed by atoms with Gasteiger partial charge < -0.3 is 5.73 Å². The van der Waals surface area contributed by atoms with Crippen LogP contribution >= 0.6 is 0 Å². The Balaban J connectivity index is 1.94. The molecule has 0 saturated heterocycles. The first-order valence-corrected chi connectivity index (χ1v) is 7.46. The molecule has 1 aromatic heterocycles. The van der Waals surface area contributed by atoms with E-state index in [-0.39, 0.29) is 17.4 Å². The third-order valence-corrected chi connectivity index (χ3v) is 3.61. The van der Waals surface area contributed by atoms with Gasteiger partial charge in [-0.05, 0) is 24.5 Å². The first-order valence-electron chi connectivity index (χ1n) is 7.46. The van der Waals surface area contributed by atoms with Crippen LogP contribution in [0.25, 0.3) is 0 Å². The number of halogens is 3. The van der Waals surface area contributed by atoms with Crippen molar-refractivity contribution in [2.45, 2.75) is 51.6 Å². The van der Waals surface area contributed by atoms with E-state index in [1.165, 1.54) is 0 Å². The van der Waals surface area contributed by atoms with Gasteiger partial charge in [-0.3, -0.25) is 4.68 Å². The van der Waals surface area contributed by atoms with E-state index in [4.69, 9.17) is 5.73 Å². The number of nitrogens with two attached hydrogens (primary N) is 1. The number of nitrogens with zero attached hydrogens (tertiary/aromatic N) is 3. The first-order chi connectivity index (χ1) is 10.7. The van der Waals surface area contributed by atoms with Gasteiger partial charge in [0.2, 0.25) is 0 Å². The Morgan fingerprint density at radius 2 is 1.78 bits per heavy atom. The molecule has 0 spiro atoms. The van der Waals surface area contributed by atoms with Gasteiger partial charge in [-0.15, -0.1) is 5.10 Å². The van der Waals surface area contributed by atoms with Crippen LogP contribution in [0.5, 0.6) is 0 Å². The van der Waals surface area contributed by atoms with Gasteiger partial charge in [0.25, 0.3) is 0 Å². The lowest BCUT2D eigenvalue weighted by Gasteiger charge is -2.13. The van der Waals surface area contributed by atoms with Gasteiger partial charge in [-0.2, -0.15) is 0 Å². The molecule has 7 heteroatoms. The van der Waals surface area contributed by atoms with Crippen molar-refractivity contribution in [3.05, 3.63) is 47.0 Å². The van der Waals surface area contributed by atoms with Crippen LogP contribution in [-0.4, -0.2) is 21.0 Å². The number of rotatable bonds is 5. The van der Waals surface area contributed by atoms with Crippen LogP contribution in [0.15, 0.2) is 18.3 Å². The molecule has 1 heterocycles. The van der Waals surface area contributed by atoms with Crippen LogP contribution in [0.1, 0.15) is 38.4 Å². The Morgan fingerprint density at radius 3 is 2.39 bits per heavy atom. The van der Waals surface area contributed by atoms with Gasteiger partial charge in [-0.1, -0.05) is 26.0 Å². The summed E-state index contributed by atoms with van der Waals surface area (Å²) >= 11 is 0. The molecule has 2 aromatic rings. The Kier molecular flexibility index (Phi) is 5.09. The molecule has 1 aromatic carbocycles. The fourth-order valence-electron chi connectivity index (χ4n) is 2.15. The summed E-state index contributed by atoms with van der Waals surface area (Å²) < 4.78 is 41.4. The quantitative estimate of drug-likeness (QED) is 0.860. The Bertz CT molecular complexity index is 676. The van der Waals surface area contributed by atoms with Crippen molar-refractivity contribution in [1.82, 2.24) is 15.0 Å². The average molecular weight is 326 g/mol. The lowest BCUT2D eigenvalue weighted by Crippen LogP contribution is -2.25. The van der Waals surface area contributed by atoms with Gasteiger partial charge in [0.1, 0.15) is 5.82 Å². The molecule has 0 unspecified atom stereocenters. The van der Waals surface area contributed by atoms with E-state index in [2.05, 4.69) is 10.3 Å². The number of aromatic nitrogens is 3. The monoisotopic (exact) mass is 326 g/mol. The predicted molar refractivity (Wildman–Crippen MR) is 81.3 cm³/mol. The summed E-state index contributed by atoms with van der Waals surface area (Å²) in [6.45, 7) is 6.65. The van der Waals surface area contributed by atoms with E-state index < -0.39 is 23.5 Å². The van der Waals surface area contributed by atoms with Crippen molar-refractivity contribution in [1.29, 1.82) is 0 Å². The van der Waals surface area contributed by atoms with E-state index in [0.717, 1.165) is 11.8 Å². The molecule has 2 N–H and O–H groups in total. The molecule has 0 bridgehead atoms. The second-order valence-electron chi connectivity index (χ2n) is 6.73. The minimum Gasteiger partial charge on any atom is -0.327 e. The molecule has 0 saturated carbocycles. The molecule has 0 aliphatic heterocycles. The average Bonchev–Trinajstić information content (AvgIpc) is 2.91. The molecule has 4 nitrogen and oxygen atoms in total. The molecular weight excluding hydrogens is 305 g/mol. The van der Waals surface area contributed by atoms with E-state index in [9.17, 15) is 13.2 Å². The zero-order chi connectivity index (χ0) is 17.2. The summed E-state index contributed by atoms with van der Waals surface area (Å²) in [5, 5.41) is 8.14. The van der Waals surface area contributed by atoms with Gasteiger partial charge in [0.15, 0.2) is 11.6 Å². The molecule has 0 aliphatic rings. The third-order valence-electron chi connectivity index (χ3n) is 3.61. The van der Waals surface area contributed by atoms with Crippen molar-refractivity contribution < 1.29 is 13.2 Å². The van der Waals surface area contributed by atoms with E-state index in [1.807, 2.05) is 27.0 Å². The molecule has 0 amide bonds. The minimum atomic E-state index is -1.20. The van der Waals surface area contributed by atoms with Crippen LogP contribution in [0, 0.1) is 17.5 Å². The molecule has 2 rings (SSSR count). The maximum absolute atomic E-state index is 13.6. The summed E-state index contributed by atoms with van der Waals surface area (Å²) in [4.78, 5) is 0. The van der Waals surface area contributed by atoms with E-state index >= 15 is 0 Å². The standard InChI is InChI=1S/C16H21F3N4/c1-16(2,3)15-9-23(22-21-15)5-4-11(20)6-10-7-13(18)14(19)8-12(10)17/h7-9,11H,4-6,20H2,1-3H3/t11-/m0/s1. The summed E-state index contributed by atoms with van der Waals surface area (Å²) in [7, 11) is 0. The molecule has 0 aliphatic carbocycles. The lowest BCUT2D eigenvalue weighted by molar-refractivity contribution is 0.473. The second kappa shape index (κ2) is 6.70. The van der Waals surface area contributed by atoms with Gasteiger partial charge >= 0.3 is 0 Å². The van der Waals surface area contributed by atoms with E-state index in [0.29, 0.717) is 19.0 Å². The fraction of sp³-hybridized carbons (Fsp3) is 0.500. The zero-order valence-corrected chi connectivity index (χ0v) is 13.5. The van der Waals surface area contributed by atoms with Gasteiger partial charge in [0.05, 0.1) is 5.69 Å². The Morgan fingerprint density at radius 1 is 1.13 bits per heavy atom. The Labute approximate surface area is 133 Å². The maximum Gasteiger partial charge on any atom is 0.161 e. The fourth-order valence-corrected chi connectivity index (χ4v) is 2.15. The third kappa shape index (κ3) is 4.54. The van der Waals surface area contributed by atoms with Crippen molar-refractivity contribution in [2.75, 3.05) is 0 Å². The predicted octanol–water partition coefficient (Wildman–Crippen LogP) is 2.95. The lowest BCUT2D eigenvalue weighted by atomic mass is 9.93. The second-order valence-corrected chi connectivity index (χ2v) is 6.73. The van der Waals surface area contributed by atoms with Crippen LogP contribution in [0.3, 0.4) is 0 Å². The molecular formula is C16H21F3N4. The van der Waals surface area contributed by atoms with Gasteiger partial charge in [0, 0.05) is 30.3 Å². The van der Waals surface area contributed by atoms with Crippen molar-refractivity contribution in [2.24, 2.45) is 5.73 Å². The van der Waals surface area contributed by atoms with E-state index in [1.54, 1.807) is 4.68 Å². The highest BCUT2D eigenvalue weighted by atomic mass is 19.2. The van der Waals surface area contributed by atoms with Crippen LogP contribution < -0.4 is 5.73 Å². The summed E-state index contributed by atoms with van der Waals surface area (Å²) in [6.07, 6.45) is 2.50. The molecule has 0 fully saturated rings. The molecule has 0 radical (unpaired) electrons. The van der Waals surface area contributed by atoms with Crippen molar-refractivity contribution in [3.63, 3.8) is 0 Å². The largest absolute Gasteiger partial charge is 0.327 e. The Hall–Kier alpha value is -1.89. The number of hydrogen-bond donors (Lipinski definition) is 1.